The minimum atomic E-state index is 0.158. The minimum absolute atomic E-state index is 0.158. The quantitative estimate of drug-likeness (QED) is 0.561. The van der Waals surface area contributed by atoms with Gasteiger partial charge in [0.15, 0.2) is 5.16 Å². The number of carbonyl (C=O) groups is 1. The summed E-state index contributed by atoms with van der Waals surface area (Å²) in [5.74, 6) is 2.23. The number of aromatic nitrogens is 3. The number of hydrogen-bond donors (Lipinski definition) is 0. The van der Waals surface area contributed by atoms with Crippen molar-refractivity contribution in [1.82, 2.24) is 14.8 Å². The van der Waals surface area contributed by atoms with Crippen LogP contribution in [0, 0.1) is 0 Å². The standard InChI is InChI=1S/C11H15N3OS/c1-3-6-14-10(9-4-5-9)12-13-11(14)16-7-8(2)15/h3,9H,1,4-7H2,2H3. The van der Waals surface area contributed by atoms with E-state index in [-0.39, 0.29) is 5.78 Å². The summed E-state index contributed by atoms with van der Waals surface area (Å²) in [6, 6.07) is 0. The summed E-state index contributed by atoms with van der Waals surface area (Å²) in [5, 5.41) is 9.18. The summed E-state index contributed by atoms with van der Waals surface area (Å²) in [6.45, 7) is 6.05. The van der Waals surface area contributed by atoms with Crippen LogP contribution in [-0.2, 0) is 11.3 Å². The summed E-state index contributed by atoms with van der Waals surface area (Å²) in [5.41, 5.74) is 0. The second-order valence-electron chi connectivity index (χ2n) is 4.01. The van der Waals surface area contributed by atoms with Crippen LogP contribution in [0.3, 0.4) is 0 Å². The molecule has 0 aliphatic heterocycles. The third-order valence-corrected chi connectivity index (χ3v) is 3.52. The van der Waals surface area contributed by atoms with E-state index in [1.807, 2.05) is 6.08 Å². The van der Waals surface area contributed by atoms with Gasteiger partial charge in [0, 0.05) is 12.5 Å². The van der Waals surface area contributed by atoms with Crippen LogP contribution < -0.4 is 0 Å². The maximum Gasteiger partial charge on any atom is 0.191 e. The largest absolute Gasteiger partial charge is 0.302 e. The number of thioether (sulfide) groups is 1. The highest BCUT2D eigenvalue weighted by molar-refractivity contribution is 7.99. The molecule has 0 N–H and O–H groups in total. The first-order valence-electron chi connectivity index (χ1n) is 5.38. The number of Topliss-reactive ketones (excluding diaryl/α,β-unsaturated/α-hetero) is 1. The van der Waals surface area contributed by atoms with Crippen molar-refractivity contribution in [2.24, 2.45) is 0 Å². The van der Waals surface area contributed by atoms with Crippen LogP contribution in [0.4, 0.5) is 0 Å². The highest BCUT2D eigenvalue weighted by Crippen LogP contribution is 2.39. The highest BCUT2D eigenvalue weighted by Gasteiger charge is 2.30. The van der Waals surface area contributed by atoms with Gasteiger partial charge in [0.25, 0.3) is 0 Å². The molecule has 1 aliphatic rings. The van der Waals surface area contributed by atoms with Crippen LogP contribution in [0.2, 0.25) is 0 Å². The van der Waals surface area contributed by atoms with Crippen LogP contribution in [0.15, 0.2) is 17.8 Å². The third kappa shape index (κ3) is 2.52. The van der Waals surface area contributed by atoms with Gasteiger partial charge in [-0.2, -0.15) is 0 Å². The molecule has 0 aromatic carbocycles. The van der Waals surface area contributed by atoms with Crippen LogP contribution >= 0.6 is 11.8 Å². The normalized spacial score (nSPS) is 15.1. The van der Waals surface area contributed by atoms with Crippen molar-refractivity contribution in [2.45, 2.75) is 37.4 Å². The molecule has 5 heteroatoms. The predicted octanol–water partition coefficient (Wildman–Crippen LogP) is 2.02. The molecule has 0 atom stereocenters. The van der Waals surface area contributed by atoms with E-state index in [1.165, 1.54) is 24.6 Å². The molecule has 1 aromatic rings. The van der Waals surface area contributed by atoms with Gasteiger partial charge < -0.3 is 4.57 Å². The second-order valence-corrected chi connectivity index (χ2v) is 4.95. The fraction of sp³-hybridized carbons (Fsp3) is 0.545. The molecule has 4 nitrogen and oxygen atoms in total. The molecule has 1 fully saturated rings. The zero-order valence-corrected chi connectivity index (χ0v) is 10.2. The number of carbonyl (C=O) groups excluding carboxylic acids is 1. The van der Waals surface area contributed by atoms with Gasteiger partial charge in [-0.05, 0) is 19.8 Å². The van der Waals surface area contributed by atoms with E-state index in [4.69, 9.17) is 0 Å². The topological polar surface area (TPSA) is 47.8 Å². The monoisotopic (exact) mass is 237 g/mol. The van der Waals surface area contributed by atoms with Gasteiger partial charge in [-0.25, -0.2) is 0 Å². The minimum Gasteiger partial charge on any atom is -0.302 e. The predicted molar refractivity (Wildman–Crippen MR) is 63.6 cm³/mol. The van der Waals surface area contributed by atoms with Crippen molar-refractivity contribution in [3.63, 3.8) is 0 Å². The lowest BCUT2D eigenvalue weighted by atomic mass is 10.4. The fourth-order valence-corrected chi connectivity index (χ4v) is 2.27. The summed E-state index contributed by atoms with van der Waals surface area (Å²) >= 11 is 1.45. The Bertz CT molecular complexity index is 409. The Morgan fingerprint density at radius 3 is 2.94 bits per heavy atom. The molecule has 0 spiro atoms. The van der Waals surface area contributed by atoms with E-state index >= 15 is 0 Å². The number of rotatable bonds is 6. The highest BCUT2D eigenvalue weighted by atomic mass is 32.2. The lowest BCUT2D eigenvalue weighted by molar-refractivity contribution is -0.114. The van der Waals surface area contributed by atoms with Crippen LogP contribution in [0.5, 0.6) is 0 Å². The van der Waals surface area contributed by atoms with Crippen molar-refractivity contribution in [2.75, 3.05) is 5.75 Å². The molecule has 1 aliphatic carbocycles. The first-order chi connectivity index (χ1) is 7.72. The van der Waals surface area contributed by atoms with Gasteiger partial charge in [-0.15, -0.1) is 16.8 Å². The molecule has 16 heavy (non-hydrogen) atoms. The first kappa shape index (κ1) is 11.4. The maximum atomic E-state index is 10.9. The van der Waals surface area contributed by atoms with Gasteiger partial charge in [-0.1, -0.05) is 17.8 Å². The maximum absolute atomic E-state index is 10.9. The number of allylic oxidation sites excluding steroid dienone is 1. The molecule has 2 rings (SSSR count). The lowest BCUT2D eigenvalue weighted by Gasteiger charge is -2.05. The van der Waals surface area contributed by atoms with Crippen LogP contribution in [0.1, 0.15) is 31.5 Å². The van der Waals surface area contributed by atoms with Gasteiger partial charge in [0.1, 0.15) is 11.6 Å². The average Bonchev–Trinajstić information content (AvgIpc) is 3.00. The van der Waals surface area contributed by atoms with Gasteiger partial charge in [0.2, 0.25) is 0 Å². The van der Waals surface area contributed by atoms with E-state index < -0.39 is 0 Å². The molecule has 1 aromatic heterocycles. The Balaban J connectivity index is 2.15. The van der Waals surface area contributed by atoms with Gasteiger partial charge in [0.05, 0.1) is 5.75 Å². The molecule has 1 saturated carbocycles. The smallest absolute Gasteiger partial charge is 0.191 e. The molecule has 0 amide bonds. The fourth-order valence-electron chi connectivity index (χ4n) is 1.52. The SMILES string of the molecule is C=CCn1c(SCC(C)=O)nnc1C1CC1. The average molecular weight is 237 g/mol. The van der Waals surface area contributed by atoms with Crippen molar-refractivity contribution < 1.29 is 4.79 Å². The summed E-state index contributed by atoms with van der Waals surface area (Å²) < 4.78 is 2.07. The zero-order valence-electron chi connectivity index (χ0n) is 9.35. The van der Waals surface area contributed by atoms with E-state index in [9.17, 15) is 4.79 Å². The van der Waals surface area contributed by atoms with Gasteiger partial charge >= 0.3 is 0 Å². The molecular weight excluding hydrogens is 222 g/mol. The van der Waals surface area contributed by atoms with Crippen molar-refractivity contribution in [3.05, 3.63) is 18.5 Å². The molecule has 0 radical (unpaired) electrons. The molecule has 0 bridgehead atoms. The van der Waals surface area contributed by atoms with E-state index in [2.05, 4.69) is 21.3 Å². The second kappa shape index (κ2) is 4.82. The van der Waals surface area contributed by atoms with Crippen LogP contribution in [0.25, 0.3) is 0 Å². The third-order valence-electron chi connectivity index (χ3n) is 2.40. The summed E-state index contributed by atoms with van der Waals surface area (Å²) in [6.07, 6.45) is 4.24. The Morgan fingerprint density at radius 2 is 2.38 bits per heavy atom. The molecule has 1 heterocycles. The molecule has 86 valence electrons. The Hall–Kier alpha value is -1.10. The van der Waals surface area contributed by atoms with Crippen molar-refractivity contribution >= 4 is 17.5 Å². The van der Waals surface area contributed by atoms with E-state index in [1.54, 1.807) is 6.92 Å². The van der Waals surface area contributed by atoms with E-state index in [0.29, 0.717) is 11.7 Å². The van der Waals surface area contributed by atoms with E-state index in [0.717, 1.165) is 17.5 Å². The molecule has 0 saturated heterocycles. The molecule has 0 unspecified atom stereocenters. The Morgan fingerprint density at radius 1 is 1.62 bits per heavy atom. The number of hydrogen-bond acceptors (Lipinski definition) is 4. The van der Waals surface area contributed by atoms with Gasteiger partial charge in [-0.3, -0.25) is 4.79 Å². The van der Waals surface area contributed by atoms with Crippen LogP contribution in [-0.4, -0.2) is 26.3 Å². The molecular formula is C11H15N3OS. The van der Waals surface area contributed by atoms with Crippen molar-refractivity contribution in [1.29, 1.82) is 0 Å². The first-order valence-corrected chi connectivity index (χ1v) is 6.37. The summed E-state index contributed by atoms with van der Waals surface area (Å²) in [7, 11) is 0. The Kier molecular flexibility index (Phi) is 3.43. The number of ketones is 1. The zero-order chi connectivity index (χ0) is 11.5. The van der Waals surface area contributed by atoms with Crippen molar-refractivity contribution in [3.8, 4) is 0 Å². The summed E-state index contributed by atoms with van der Waals surface area (Å²) in [4.78, 5) is 10.9. The Labute approximate surface area is 99.1 Å². The number of nitrogens with zero attached hydrogens (tertiary/aromatic N) is 3. The lowest BCUT2D eigenvalue weighted by Crippen LogP contribution is -2.04.